The van der Waals surface area contributed by atoms with Crippen LogP contribution in [0.15, 0.2) is 39.8 Å². The van der Waals surface area contributed by atoms with Gasteiger partial charge in [-0.25, -0.2) is 8.42 Å². The Labute approximate surface area is 151 Å². The van der Waals surface area contributed by atoms with Gasteiger partial charge in [0.25, 0.3) is 10.0 Å². The molecule has 2 aromatic heterocycles. The van der Waals surface area contributed by atoms with Crippen LogP contribution in [-0.4, -0.2) is 20.6 Å². The summed E-state index contributed by atoms with van der Waals surface area (Å²) in [5.41, 5.74) is 2.95. The smallest absolute Gasteiger partial charge is 0.265 e. The first-order valence-electron chi connectivity index (χ1n) is 7.81. The third kappa shape index (κ3) is 3.09. The van der Waals surface area contributed by atoms with Gasteiger partial charge in [0.2, 0.25) is 0 Å². The maximum Gasteiger partial charge on any atom is 0.265 e. The monoisotopic (exact) mass is 376 g/mol. The quantitative estimate of drug-likeness (QED) is 0.674. The number of aryl methyl sites for hydroxylation is 4. The Morgan fingerprint density at radius 1 is 1.08 bits per heavy atom. The Hall–Kier alpha value is -2.12. The number of thiophene rings is 1. The number of benzene rings is 1. The highest BCUT2D eigenvalue weighted by Crippen LogP contribution is 2.41. The fraction of sp³-hybridized carbons (Fsp3) is 0.278. The van der Waals surface area contributed by atoms with E-state index in [1.54, 1.807) is 19.2 Å². The molecule has 0 saturated heterocycles. The van der Waals surface area contributed by atoms with Crippen molar-refractivity contribution in [2.45, 2.75) is 32.6 Å². The maximum absolute atomic E-state index is 13.3. The molecule has 0 amide bonds. The molecule has 7 heteroatoms. The Balaban J connectivity index is 2.18. The third-order valence-corrected chi connectivity index (χ3v) is 7.17. The van der Waals surface area contributed by atoms with Crippen LogP contribution in [0, 0.1) is 27.7 Å². The summed E-state index contributed by atoms with van der Waals surface area (Å²) in [4.78, 5) is 1.92. The summed E-state index contributed by atoms with van der Waals surface area (Å²) in [5.74, 6) is 0.482. The second kappa shape index (κ2) is 6.31. The van der Waals surface area contributed by atoms with Gasteiger partial charge in [0.1, 0.15) is 4.90 Å². The van der Waals surface area contributed by atoms with Crippen LogP contribution < -0.4 is 4.31 Å². The van der Waals surface area contributed by atoms with E-state index in [0.29, 0.717) is 22.7 Å². The molecule has 3 aromatic rings. The summed E-state index contributed by atoms with van der Waals surface area (Å²) in [6.07, 6.45) is 0. The molecule has 0 atom stereocenters. The number of hydrogen-bond donors (Lipinski definition) is 0. The second-order valence-electron chi connectivity index (χ2n) is 6.06. The van der Waals surface area contributed by atoms with Crippen molar-refractivity contribution in [3.63, 3.8) is 0 Å². The number of aromatic nitrogens is 1. The number of hydrogen-bond acceptors (Lipinski definition) is 5. The SMILES string of the molecule is Cc1cccc(N(C)S(=O)(=O)c2c(C)sc(C)c2-c2cc(C)no2)c1. The Kier molecular flexibility index (Phi) is 4.47. The average Bonchev–Trinajstić information content (AvgIpc) is 3.09. The molecule has 132 valence electrons. The van der Waals surface area contributed by atoms with Crippen LogP contribution in [0.1, 0.15) is 21.0 Å². The fourth-order valence-electron chi connectivity index (χ4n) is 2.84. The van der Waals surface area contributed by atoms with E-state index in [1.165, 1.54) is 15.6 Å². The van der Waals surface area contributed by atoms with Gasteiger partial charge in [-0.3, -0.25) is 4.31 Å². The van der Waals surface area contributed by atoms with E-state index in [4.69, 9.17) is 4.52 Å². The Morgan fingerprint density at radius 2 is 1.80 bits per heavy atom. The zero-order valence-electron chi connectivity index (χ0n) is 14.8. The first-order chi connectivity index (χ1) is 11.7. The molecule has 1 aromatic carbocycles. The molecule has 25 heavy (non-hydrogen) atoms. The van der Waals surface area contributed by atoms with Gasteiger partial charge in [0.05, 0.1) is 16.9 Å². The van der Waals surface area contributed by atoms with Crippen LogP contribution in [0.4, 0.5) is 5.69 Å². The summed E-state index contributed by atoms with van der Waals surface area (Å²) < 4.78 is 33.4. The third-order valence-electron chi connectivity index (χ3n) is 4.06. The summed E-state index contributed by atoms with van der Waals surface area (Å²) in [5, 5.41) is 3.90. The van der Waals surface area contributed by atoms with Crippen LogP contribution in [0.25, 0.3) is 11.3 Å². The van der Waals surface area contributed by atoms with Crippen molar-refractivity contribution in [3.05, 3.63) is 51.3 Å². The van der Waals surface area contributed by atoms with E-state index in [0.717, 1.165) is 15.3 Å². The molecule has 0 spiro atoms. The number of rotatable bonds is 4. The van der Waals surface area contributed by atoms with Gasteiger partial charge in [0, 0.05) is 22.9 Å². The molecular formula is C18H20N2O3S2. The van der Waals surface area contributed by atoms with E-state index < -0.39 is 10.0 Å². The summed E-state index contributed by atoms with van der Waals surface area (Å²) in [7, 11) is -2.16. The van der Waals surface area contributed by atoms with Gasteiger partial charge < -0.3 is 4.52 Å². The van der Waals surface area contributed by atoms with Crippen LogP contribution in [0.5, 0.6) is 0 Å². The van der Waals surface area contributed by atoms with Gasteiger partial charge in [-0.1, -0.05) is 17.3 Å². The first kappa shape index (κ1) is 17.7. The Morgan fingerprint density at radius 3 is 2.40 bits per heavy atom. The van der Waals surface area contributed by atoms with Crippen LogP contribution in [-0.2, 0) is 10.0 Å². The van der Waals surface area contributed by atoms with Gasteiger partial charge >= 0.3 is 0 Å². The van der Waals surface area contributed by atoms with E-state index in [2.05, 4.69) is 5.16 Å². The van der Waals surface area contributed by atoms with Crippen molar-refractivity contribution in [1.29, 1.82) is 0 Å². The molecule has 0 saturated carbocycles. The van der Waals surface area contributed by atoms with Crippen molar-refractivity contribution in [2.24, 2.45) is 0 Å². The maximum atomic E-state index is 13.3. The fourth-order valence-corrected chi connectivity index (χ4v) is 5.84. The molecule has 0 unspecified atom stereocenters. The lowest BCUT2D eigenvalue weighted by atomic mass is 10.2. The second-order valence-corrected chi connectivity index (χ2v) is 9.40. The highest BCUT2D eigenvalue weighted by atomic mass is 32.2. The van der Waals surface area contributed by atoms with Crippen molar-refractivity contribution in [1.82, 2.24) is 5.16 Å². The molecule has 0 aliphatic heterocycles. The predicted molar refractivity (Wildman–Crippen MR) is 101 cm³/mol. The molecule has 0 aliphatic carbocycles. The van der Waals surface area contributed by atoms with Gasteiger partial charge in [-0.15, -0.1) is 11.3 Å². The summed E-state index contributed by atoms with van der Waals surface area (Å²) in [6.45, 7) is 7.47. The number of anilines is 1. The lowest BCUT2D eigenvalue weighted by Gasteiger charge is -2.20. The van der Waals surface area contributed by atoms with Crippen molar-refractivity contribution in [2.75, 3.05) is 11.4 Å². The number of sulfonamides is 1. The zero-order chi connectivity index (χ0) is 18.4. The van der Waals surface area contributed by atoms with Crippen LogP contribution in [0.2, 0.25) is 0 Å². The van der Waals surface area contributed by atoms with Gasteiger partial charge in [-0.05, 0) is 45.4 Å². The normalized spacial score (nSPS) is 11.7. The largest absolute Gasteiger partial charge is 0.356 e. The minimum absolute atomic E-state index is 0.287. The summed E-state index contributed by atoms with van der Waals surface area (Å²) in [6, 6.07) is 9.19. The highest BCUT2D eigenvalue weighted by molar-refractivity contribution is 7.93. The predicted octanol–water partition coefficient (Wildman–Crippen LogP) is 4.46. The average molecular weight is 377 g/mol. The molecule has 5 nitrogen and oxygen atoms in total. The van der Waals surface area contributed by atoms with Gasteiger partial charge in [-0.2, -0.15) is 0 Å². The minimum Gasteiger partial charge on any atom is -0.356 e. The standard InChI is InChI=1S/C18H20N2O3S2/c1-11-7-6-8-15(9-11)20(5)25(21,22)18-14(4)24-13(3)17(18)16-10-12(2)19-23-16/h6-10H,1-5H3. The summed E-state index contributed by atoms with van der Waals surface area (Å²) >= 11 is 1.45. The van der Waals surface area contributed by atoms with Gasteiger partial charge in [0.15, 0.2) is 5.76 Å². The zero-order valence-corrected chi connectivity index (χ0v) is 16.5. The topological polar surface area (TPSA) is 63.4 Å². The van der Waals surface area contributed by atoms with Crippen molar-refractivity contribution < 1.29 is 12.9 Å². The Bertz CT molecular complexity index is 1030. The molecule has 0 bridgehead atoms. The molecule has 0 fully saturated rings. The first-order valence-corrected chi connectivity index (χ1v) is 10.1. The molecule has 0 aliphatic rings. The molecular weight excluding hydrogens is 356 g/mol. The van der Waals surface area contributed by atoms with Crippen molar-refractivity contribution >= 4 is 27.0 Å². The van der Waals surface area contributed by atoms with Crippen molar-refractivity contribution in [3.8, 4) is 11.3 Å². The molecule has 0 radical (unpaired) electrons. The lowest BCUT2D eigenvalue weighted by Crippen LogP contribution is -2.27. The van der Waals surface area contributed by atoms with Crippen LogP contribution in [0.3, 0.4) is 0 Å². The van der Waals surface area contributed by atoms with E-state index >= 15 is 0 Å². The lowest BCUT2D eigenvalue weighted by molar-refractivity contribution is 0.426. The van der Waals surface area contributed by atoms with Crippen LogP contribution >= 0.6 is 11.3 Å². The van der Waals surface area contributed by atoms with E-state index in [-0.39, 0.29) is 4.90 Å². The molecule has 2 heterocycles. The van der Waals surface area contributed by atoms with E-state index in [1.807, 2.05) is 45.9 Å². The highest BCUT2D eigenvalue weighted by Gasteiger charge is 2.31. The minimum atomic E-state index is -3.73. The van der Waals surface area contributed by atoms with E-state index in [9.17, 15) is 8.42 Å². The molecule has 0 N–H and O–H groups in total. The number of nitrogens with zero attached hydrogens (tertiary/aromatic N) is 2. The molecule has 3 rings (SSSR count).